The van der Waals surface area contributed by atoms with E-state index in [1.54, 1.807) is 11.1 Å². The zero-order valence-corrected chi connectivity index (χ0v) is 11.5. The van der Waals surface area contributed by atoms with Crippen molar-refractivity contribution in [3.05, 3.63) is 35.4 Å². The van der Waals surface area contributed by atoms with Crippen molar-refractivity contribution in [1.29, 1.82) is 0 Å². The van der Waals surface area contributed by atoms with Crippen LogP contribution in [0.4, 0.5) is 0 Å². The van der Waals surface area contributed by atoms with E-state index in [2.05, 4.69) is 43.1 Å². The summed E-state index contributed by atoms with van der Waals surface area (Å²) >= 11 is 0. The first-order valence-electron chi connectivity index (χ1n) is 7.54. The van der Waals surface area contributed by atoms with Crippen molar-refractivity contribution in [2.45, 2.75) is 50.6 Å². The van der Waals surface area contributed by atoms with Gasteiger partial charge in [0.15, 0.2) is 0 Å². The first kappa shape index (κ1) is 11.0. The topological polar surface area (TPSA) is 3.24 Å². The number of hydrogen-bond acceptors (Lipinski definition) is 1. The molecule has 4 rings (SSSR count). The predicted octanol–water partition coefficient (Wildman–Crippen LogP) is 3.58. The van der Waals surface area contributed by atoms with Crippen LogP contribution in [0.1, 0.15) is 43.7 Å². The minimum Gasteiger partial charge on any atom is -0.293 e. The molecule has 4 atom stereocenters. The lowest BCUT2D eigenvalue weighted by Gasteiger charge is -2.44. The Morgan fingerprint density at radius 1 is 1.17 bits per heavy atom. The Kier molecular flexibility index (Phi) is 2.21. The lowest BCUT2D eigenvalue weighted by Crippen LogP contribution is -2.47. The van der Waals surface area contributed by atoms with Crippen molar-refractivity contribution in [2.24, 2.45) is 11.8 Å². The standard InChI is InChI=1S/C17H23N/c1-17-14-9-5-3-7-12(14)11-16(18(17)2)13-8-4-6-10-15(13)17/h3,5,7,9,13,15-16H,4,6,8,10-11H2,1-2H3. The Labute approximate surface area is 110 Å². The maximum atomic E-state index is 2.72. The van der Waals surface area contributed by atoms with Crippen molar-refractivity contribution in [2.75, 3.05) is 7.05 Å². The Bertz CT molecular complexity index is 480. The van der Waals surface area contributed by atoms with Gasteiger partial charge in [-0.05, 0) is 56.2 Å². The van der Waals surface area contributed by atoms with Crippen LogP contribution in [0.3, 0.4) is 0 Å². The monoisotopic (exact) mass is 241 g/mol. The quantitative estimate of drug-likeness (QED) is 0.671. The third kappa shape index (κ3) is 1.17. The molecule has 1 nitrogen and oxygen atoms in total. The van der Waals surface area contributed by atoms with Gasteiger partial charge in [0.05, 0.1) is 0 Å². The van der Waals surface area contributed by atoms with Gasteiger partial charge < -0.3 is 0 Å². The van der Waals surface area contributed by atoms with Crippen LogP contribution in [-0.2, 0) is 12.0 Å². The van der Waals surface area contributed by atoms with Crippen LogP contribution in [-0.4, -0.2) is 18.0 Å². The second kappa shape index (κ2) is 3.60. The Morgan fingerprint density at radius 3 is 2.83 bits per heavy atom. The molecular formula is C17H23N. The summed E-state index contributed by atoms with van der Waals surface area (Å²) in [5, 5.41) is 0. The Balaban J connectivity index is 1.90. The fourth-order valence-electron chi connectivity index (χ4n) is 5.31. The average Bonchev–Trinajstić information content (AvgIpc) is 2.56. The molecule has 1 heteroatoms. The molecule has 2 bridgehead atoms. The summed E-state index contributed by atoms with van der Waals surface area (Å²) in [5.41, 5.74) is 3.56. The van der Waals surface area contributed by atoms with Gasteiger partial charge in [0, 0.05) is 11.6 Å². The smallest absolute Gasteiger partial charge is 0.0466 e. The normalized spacial score (nSPS) is 42.4. The van der Waals surface area contributed by atoms with Crippen LogP contribution in [0.15, 0.2) is 24.3 Å². The minimum atomic E-state index is 0.310. The molecule has 4 unspecified atom stereocenters. The molecule has 3 aliphatic rings. The lowest BCUT2D eigenvalue weighted by molar-refractivity contribution is 0.101. The van der Waals surface area contributed by atoms with Gasteiger partial charge in [0.2, 0.25) is 0 Å². The zero-order chi connectivity index (χ0) is 12.3. The summed E-state index contributed by atoms with van der Waals surface area (Å²) in [6.45, 7) is 2.51. The maximum Gasteiger partial charge on any atom is 0.0466 e. The van der Waals surface area contributed by atoms with Crippen LogP contribution in [0.25, 0.3) is 0 Å². The van der Waals surface area contributed by atoms with Crippen LogP contribution in [0.5, 0.6) is 0 Å². The van der Waals surface area contributed by atoms with Gasteiger partial charge >= 0.3 is 0 Å². The van der Waals surface area contributed by atoms with Gasteiger partial charge in [-0.3, -0.25) is 4.90 Å². The SMILES string of the molecule is CN1C2Cc3ccccc3C1(C)C1CCCCC21. The molecule has 18 heavy (non-hydrogen) atoms. The molecule has 0 aromatic heterocycles. The fraction of sp³-hybridized carbons (Fsp3) is 0.647. The second-order valence-corrected chi connectivity index (χ2v) is 6.74. The van der Waals surface area contributed by atoms with E-state index >= 15 is 0 Å². The summed E-state index contributed by atoms with van der Waals surface area (Å²) in [6.07, 6.45) is 7.08. The molecule has 0 radical (unpaired) electrons. The summed E-state index contributed by atoms with van der Waals surface area (Å²) in [6, 6.07) is 10.0. The summed E-state index contributed by atoms with van der Waals surface area (Å²) in [4.78, 5) is 2.72. The summed E-state index contributed by atoms with van der Waals surface area (Å²) < 4.78 is 0. The number of likely N-dealkylation sites (N-methyl/N-ethyl adjacent to an activating group) is 1. The van der Waals surface area contributed by atoms with E-state index in [4.69, 9.17) is 0 Å². The molecule has 1 saturated heterocycles. The third-order valence-electron chi connectivity index (χ3n) is 6.26. The first-order valence-corrected chi connectivity index (χ1v) is 7.54. The molecule has 0 N–H and O–H groups in total. The van der Waals surface area contributed by atoms with E-state index in [9.17, 15) is 0 Å². The van der Waals surface area contributed by atoms with E-state index in [1.165, 1.54) is 32.1 Å². The molecule has 1 aromatic carbocycles. The van der Waals surface area contributed by atoms with Gasteiger partial charge in [-0.25, -0.2) is 0 Å². The molecule has 2 fully saturated rings. The number of fused-ring (bicyclic) bond motifs is 7. The molecule has 96 valence electrons. The Morgan fingerprint density at radius 2 is 1.94 bits per heavy atom. The van der Waals surface area contributed by atoms with Crippen LogP contribution in [0, 0.1) is 11.8 Å². The molecule has 2 aliphatic heterocycles. The molecule has 0 spiro atoms. The van der Waals surface area contributed by atoms with Gasteiger partial charge in [-0.2, -0.15) is 0 Å². The van der Waals surface area contributed by atoms with E-state index in [-0.39, 0.29) is 0 Å². The Hall–Kier alpha value is -0.820. The molecule has 0 amide bonds. The van der Waals surface area contributed by atoms with Gasteiger partial charge in [0.1, 0.15) is 0 Å². The highest BCUT2D eigenvalue weighted by molar-refractivity contribution is 5.40. The second-order valence-electron chi connectivity index (χ2n) is 6.74. The number of hydrogen-bond donors (Lipinski definition) is 0. The van der Waals surface area contributed by atoms with Crippen molar-refractivity contribution in [3.8, 4) is 0 Å². The average molecular weight is 241 g/mol. The van der Waals surface area contributed by atoms with Crippen LogP contribution < -0.4 is 0 Å². The molecular weight excluding hydrogens is 218 g/mol. The van der Waals surface area contributed by atoms with E-state index in [0.717, 1.165) is 17.9 Å². The largest absolute Gasteiger partial charge is 0.293 e. The van der Waals surface area contributed by atoms with Gasteiger partial charge in [-0.15, -0.1) is 0 Å². The van der Waals surface area contributed by atoms with Crippen molar-refractivity contribution < 1.29 is 0 Å². The zero-order valence-electron chi connectivity index (χ0n) is 11.5. The van der Waals surface area contributed by atoms with E-state index in [0.29, 0.717) is 5.54 Å². The predicted molar refractivity (Wildman–Crippen MR) is 74.5 cm³/mol. The van der Waals surface area contributed by atoms with Crippen molar-refractivity contribution in [1.82, 2.24) is 4.90 Å². The highest BCUT2D eigenvalue weighted by Crippen LogP contribution is 2.58. The van der Waals surface area contributed by atoms with Crippen LogP contribution in [0.2, 0.25) is 0 Å². The first-order chi connectivity index (χ1) is 8.73. The molecule has 1 aromatic rings. The molecule has 1 saturated carbocycles. The molecule has 1 aliphatic carbocycles. The lowest BCUT2D eigenvalue weighted by atomic mass is 9.70. The maximum absolute atomic E-state index is 2.72. The van der Waals surface area contributed by atoms with Gasteiger partial charge in [-0.1, -0.05) is 37.1 Å². The van der Waals surface area contributed by atoms with E-state index in [1.807, 2.05) is 0 Å². The number of nitrogens with zero attached hydrogens (tertiary/aromatic N) is 1. The van der Waals surface area contributed by atoms with Crippen molar-refractivity contribution in [3.63, 3.8) is 0 Å². The summed E-state index contributed by atoms with van der Waals surface area (Å²) in [5.74, 6) is 1.84. The minimum absolute atomic E-state index is 0.310. The fourth-order valence-corrected chi connectivity index (χ4v) is 5.31. The van der Waals surface area contributed by atoms with Crippen LogP contribution >= 0.6 is 0 Å². The van der Waals surface area contributed by atoms with Gasteiger partial charge in [0.25, 0.3) is 0 Å². The third-order valence-corrected chi connectivity index (χ3v) is 6.26. The van der Waals surface area contributed by atoms with E-state index < -0.39 is 0 Å². The highest BCUT2D eigenvalue weighted by atomic mass is 15.3. The summed E-state index contributed by atoms with van der Waals surface area (Å²) in [7, 11) is 2.37. The highest BCUT2D eigenvalue weighted by Gasteiger charge is 2.58. The van der Waals surface area contributed by atoms with Crippen molar-refractivity contribution >= 4 is 0 Å². The number of benzene rings is 1. The molecule has 2 heterocycles. The number of rotatable bonds is 0.